The second kappa shape index (κ2) is 9.91. The van der Waals surface area contributed by atoms with Gasteiger partial charge >= 0.3 is 5.97 Å². The number of rotatable bonds is 7. The first kappa shape index (κ1) is 20.6. The van der Waals surface area contributed by atoms with E-state index in [1.165, 1.54) is 12.2 Å². The van der Waals surface area contributed by atoms with Gasteiger partial charge in [0, 0.05) is 44.4 Å². The lowest BCUT2D eigenvalue weighted by molar-refractivity contribution is -0.131. The molecule has 1 aliphatic heterocycles. The number of pyridine rings is 1. The summed E-state index contributed by atoms with van der Waals surface area (Å²) in [5.41, 5.74) is 2.90. The van der Waals surface area contributed by atoms with Crippen LogP contribution in [0, 0.1) is 0 Å². The zero-order valence-corrected chi connectivity index (χ0v) is 16.5. The van der Waals surface area contributed by atoms with Crippen LogP contribution in [0.5, 0.6) is 0 Å². The Morgan fingerprint density at radius 2 is 1.66 bits per heavy atom. The summed E-state index contributed by atoms with van der Waals surface area (Å²) in [6.45, 7) is 5.04. The molecule has 6 nitrogen and oxygen atoms in total. The maximum atomic E-state index is 12.6. The number of carbonyl (C=O) groups is 2. The topological polar surface area (TPSA) is 73.7 Å². The third-order valence-corrected chi connectivity index (χ3v) is 4.81. The Kier molecular flexibility index (Phi) is 7.05. The molecule has 2 heterocycles. The third-order valence-electron chi connectivity index (χ3n) is 4.81. The van der Waals surface area contributed by atoms with Crippen molar-refractivity contribution in [2.45, 2.75) is 6.54 Å². The van der Waals surface area contributed by atoms with Crippen LogP contribution in [-0.4, -0.2) is 64.9 Å². The van der Waals surface area contributed by atoms with Crippen molar-refractivity contribution in [1.29, 1.82) is 0 Å². The number of hydrogen-bond donors (Lipinski definition) is 1. The number of benzene rings is 1. The molecule has 0 amide bonds. The molecule has 1 N–H and O–H groups in total. The number of nitrogens with zero attached hydrogens (tertiary/aromatic N) is 3. The predicted molar refractivity (Wildman–Crippen MR) is 113 cm³/mol. The molecule has 1 saturated heterocycles. The molecular formula is C23H25N3O3. The Morgan fingerprint density at radius 3 is 2.34 bits per heavy atom. The Morgan fingerprint density at radius 1 is 1.00 bits per heavy atom. The van der Waals surface area contributed by atoms with Gasteiger partial charge in [-0.05, 0) is 49.0 Å². The first-order chi connectivity index (χ1) is 14.0. The Hall–Kier alpha value is -3.09. The van der Waals surface area contributed by atoms with E-state index in [4.69, 9.17) is 5.11 Å². The first-order valence-corrected chi connectivity index (χ1v) is 9.60. The van der Waals surface area contributed by atoms with Gasteiger partial charge < -0.3 is 10.0 Å². The molecule has 1 aromatic carbocycles. The van der Waals surface area contributed by atoms with Gasteiger partial charge in [0.25, 0.3) is 0 Å². The van der Waals surface area contributed by atoms with Crippen LogP contribution in [0.2, 0.25) is 0 Å². The average molecular weight is 391 g/mol. The molecule has 1 fully saturated rings. The van der Waals surface area contributed by atoms with Crippen molar-refractivity contribution < 1.29 is 14.7 Å². The van der Waals surface area contributed by atoms with E-state index in [1.807, 2.05) is 18.2 Å². The highest BCUT2D eigenvalue weighted by molar-refractivity contribution is 6.06. The maximum Gasteiger partial charge on any atom is 0.328 e. The monoisotopic (exact) mass is 391 g/mol. The summed E-state index contributed by atoms with van der Waals surface area (Å²) in [6.07, 6.45) is 5.60. The third kappa shape index (κ3) is 6.48. The van der Waals surface area contributed by atoms with Crippen molar-refractivity contribution >= 4 is 23.9 Å². The summed E-state index contributed by atoms with van der Waals surface area (Å²) < 4.78 is 0. The van der Waals surface area contributed by atoms with E-state index in [1.54, 1.807) is 24.3 Å². The lowest BCUT2D eigenvalue weighted by atomic mass is 10.1. The summed E-state index contributed by atoms with van der Waals surface area (Å²) in [6, 6.07) is 13.0. The van der Waals surface area contributed by atoms with Crippen LogP contribution in [0.25, 0.3) is 12.2 Å². The summed E-state index contributed by atoms with van der Waals surface area (Å²) in [7, 11) is 2.13. The number of piperazine rings is 1. The summed E-state index contributed by atoms with van der Waals surface area (Å²) in [4.78, 5) is 32.2. The highest BCUT2D eigenvalue weighted by Gasteiger charge is 2.14. The van der Waals surface area contributed by atoms with Crippen molar-refractivity contribution in [3.8, 4) is 0 Å². The van der Waals surface area contributed by atoms with Crippen LogP contribution < -0.4 is 0 Å². The van der Waals surface area contributed by atoms with Crippen molar-refractivity contribution in [2.24, 2.45) is 0 Å². The van der Waals surface area contributed by atoms with Gasteiger partial charge in [0.15, 0.2) is 5.78 Å². The molecule has 0 spiro atoms. The van der Waals surface area contributed by atoms with E-state index in [0.29, 0.717) is 17.0 Å². The van der Waals surface area contributed by atoms with Gasteiger partial charge in [-0.1, -0.05) is 24.3 Å². The average Bonchev–Trinajstić information content (AvgIpc) is 2.73. The first-order valence-electron chi connectivity index (χ1n) is 9.60. The molecule has 1 aromatic heterocycles. The van der Waals surface area contributed by atoms with E-state index < -0.39 is 5.97 Å². The largest absolute Gasteiger partial charge is 0.478 e. The molecule has 150 valence electrons. The quantitative estimate of drug-likeness (QED) is 0.578. The van der Waals surface area contributed by atoms with Crippen LogP contribution in [0.3, 0.4) is 0 Å². The minimum atomic E-state index is -1.03. The van der Waals surface area contributed by atoms with Gasteiger partial charge in [-0.15, -0.1) is 0 Å². The normalized spacial score (nSPS) is 15.9. The Bertz CT molecular complexity index is 928. The smallest absolute Gasteiger partial charge is 0.328 e. The molecule has 0 saturated carbocycles. The highest BCUT2D eigenvalue weighted by atomic mass is 16.4. The Labute approximate surface area is 170 Å². The lowest BCUT2D eigenvalue weighted by Gasteiger charge is -2.32. The molecule has 0 unspecified atom stereocenters. The van der Waals surface area contributed by atoms with E-state index >= 15 is 0 Å². The van der Waals surface area contributed by atoms with E-state index in [9.17, 15) is 9.59 Å². The number of carboxylic acids is 1. The summed E-state index contributed by atoms with van der Waals surface area (Å²) in [5, 5.41) is 8.71. The van der Waals surface area contributed by atoms with Crippen LogP contribution in [-0.2, 0) is 11.3 Å². The van der Waals surface area contributed by atoms with Crippen LogP contribution in [0.1, 0.15) is 27.3 Å². The van der Waals surface area contributed by atoms with Crippen molar-refractivity contribution in [3.05, 3.63) is 77.1 Å². The number of allylic oxidation sites excluding steroid dienone is 1. The molecule has 0 radical (unpaired) electrons. The van der Waals surface area contributed by atoms with Crippen molar-refractivity contribution in [2.75, 3.05) is 33.2 Å². The molecular weight excluding hydrogens is 366 g/mol. The van der Waals surface area contributed by atoms with E-state index in [-0.39, 0.29) is 5.78 Å². The fourth-order valence-corrected chi connectivity index (χ4v) is 3.16. The number of hydrogen-bond acceptors (Lipinski definition) is 5. The molecule has 29 heavy (non-hydrogen) atoms. The second-order valence-electron chi connectivity index (χ2n) is 7.14. The number of ketones is 1. The van der Waals surface area contributed by atoms with Crippen molar-refractivity contribution in [1.82, 2.24) is 14.8 Å². The minimum absolute atomic E-state index is 0.0847. The number of aliphatic carboxylic acids is 1. The van der Waals surface area contributed by atoms with Gasteiger partial charge in [-0.2, -0.15) is 0 Å². The summed E-state index contributed by atoms with van der Waals surface area (Å²) >= 11 is 0. The lowest BCUT2D eigenvalue weighted by Crippen LogP contribution is -2.43. The minimum Gasteiger partial charge on any atom is -0.478 e. The maximum absolute atomic E-state index is 12.6. The van der Waals surface area contributed by atoms with E-state index in [2.05, 4.69) is 27.9 Å². The number of carbonyl (C=O) groups excluding carboxylic acids is 1. The van der Waals surface area contributed by atoms with Crippen molar-refractivity contribution in [3.63, 3.8) is 0 Å². The molecule has 0 aliphatic carbocycles. The zero-order chi connectivity index (χ0) is 20.6. The van der Waals surface area contributed by atoms with Crippen LogP contribution in [0.4, 0.5) is 0 Å². The van der Waals surface area contributed by atoms with E-state index in [0.717, 1.165) is 44.4 Å². The fraction of sp³-hybridized carbons (Fsp3) is 0.261. The van der Waals surface area contributed by atoms with Gasteiger partial charge in [0.05, 0.1) is 11.4 Å². The van der Waals surface area contributed by atoms with Gasteiger partial charge in [0.1, 0.15) is 0 Å². The standard InChI is InChI=1S/C23H25N3O3/c1-25-12-14-26(15-13-25)17-18-4-2-5-19(16-18)22(27)10-8-20-6-3-7-21(24-20)9-11-23(28)29/h2-11,16H,12-15,17H2,1H3,(H,28,29). The zero-order valence-electron chi connectivity index (χ0n) is 16.5. The van der Waals surface area contributed by atoms with Gasteiger partial charge in [-0.3, -0.25) is 9.69 Å². The van der Waals surface area contributed by atoms with Gasteiger partial charge in [0.2, 0.25) is 0 Å². The van der Waals surface area contributed by atoms with Gasteiger partial charge in [-0.25, -0.2) is 9.78 Å². The SMILES string of the molecule is CN1CCN(Cc2cccc(C(=O)C=Cc3cccc(C=CC(=O)O)n3)c2)CC1. The predicted octanol–water partition coefficient (Wildman–Crippen LogP) is 2.82. The van der Waals surface area contributed by atoms with Crippen LogP contribution in [0.15, 0.2) is 54.6 Å². The number of aromatic nitrogens is 1. The summed E-state index contributed by atoms with van der Waals surface area (Å²) in [5.74, 6) is -1.11. The highest BCUT2D eigenvalue weighted by Crippen LogP contribution is 2.12. The number of likely N-dealkylation sites (N-methyl/N-ethyl adjacent to an activating group) is 1. The molecule has 0 bridgehead atoms. The second-order valence-corrected chi connectivity index (χ2v) is 7.14. The molecule has 6 heteroatoms. The Balaban J connectivity index is 1.65. The molecule has 1 aliphatic rings. The molecule has 3 rings (SSSR count). The fourth-order valence-electron chi connectivity index (χ4n) is 3.16. The number of carboxylic acid groups (broad SMARTS) is 1. The molecule has 0 atom stereocenters. The van der Waals surface area contributed by atoms with Crippen LogP contribution >= 0.6 is 0 Å². The molecule has 2 aromatic rings.